The fourth-order valence-corrected chi connectivity index (χ4v) is 4.22. The van der Waals surface area contributed by atoms with Gasteiger partial charge in [-0.1, -0.05) is 29.9 Å². The Morgan fingerprint density at radius 1 is 1.30 bits per heavy atom. The Morgan fingerprint density at radius 3 is 2.74 bits per heavy atom. The monoisotopic (exact) mass is 362 g/mol. The minimum absolute atomic E-state index is 0.152. The van der Waals surface area contributed by atoms with Gasteiger partial charge in [0.15, 0.2) is 5.13 Å². The first kappa shape index (κ1) is 16.3. The van der Waals surface area contributed by atoms with Crippen molar-refractivity contribution in [3.8, 4) is 0 Å². The lowest BCUT2D eigenvalue weighted by Crippen LogP contribution is -2.11. The molecular formula is C17H15ClN2OS2. The highest BCUT2D eigenvalue weighted by molar-refractivity contribution is 7.99. The van der Waals surface area contributed by atoms with Crippen molar-refractivity contribution >= 4 is 56.0 Å². The Morgan fingerprint density at radius 2 is 2.04 bits per heavy atom. The number of rotatable bonds is 4. The number of aryl methyl sites for hydroxylation is 1. The molecule has 3 rings (SSSR count). The van der Waals surface area contributed by atoms with Crippen molar-refractivity contribution < 1.29 is 4.79 Å². The number of carbonyl (C=O) groups excluding carboxylic acids is 1. The van der Waals surface area contributed by atoms with E-state index in [9.17, 15) is 4.79 Å². The molecule has 23 heavy (non-hydrogen) atoms. The predicted molar refractivity (Wildman–Crippen MR) is 100 cm³/mol. The van der Waals surface area contributed by atoms with Gasteiger partial charge in [0.2, 0.25) is 0 Å². The highest BCUT2D eigenvalue weighted by Gasteiger charge is 2.11. The van der Waals surface area contributed by atoms with Crippen LogP contribution in [-0.4, -0.2) is 16.6 Å². The van der Waals surface area contributed by atoms with Crippen LogP contribution < -0.4 is 5.32 Å². The summed E-state index contributed by atoms with van der Waals surface area (Å²) in [5.41, 5.74) is 2.51. The fourth-order valence-electron chi connectivity index (χ4n) is 2.25. The van der Waals surface area contributed by atoms with E-state index < -0.39 is 0 Å². The summed E-state index contributed by atoms with van der Waals surface area (Å²) in [5, 5.41) is 4.13. The first-order valence-electron chi connectivity index (χ1n) is 7.17. The van der Waals surface area contributed by atoms with Gasteiger partial charge < -0.3 is 0 Å². The maximum absolute atomic E-state index is 12.3. The van der Waals surface area contributed by atoms with Crippen LogP contribution in [0.2, 0.25) is 5.02 Å². The SMILES string of the molecule is CCSc1ccc(C(=O)Nc2nc3c(C)cc(Cl)cc3s2)cc1. The third-order valence-electron chi connectivity index (χ3n) is 3.30. The molecule has 2 aromatic carbocycles. The topological polar surface area (TPSA) is 42.0 Å². The van der Waals surface area contributed by atoms with E-state index in [2.05, 4.69) is 17.2 Å². The second-order valence-electron chi connectivity index (χ2n) is 5.00. The standard InChI is InChI=1S/C17H15ClN2OS2/c1-3-22-13-6-4-11(5-7-13)16(21)20-17-19-15-10(2)8-12(18)9-14(15)23-17/h4-9H,3H2,1-2H3,(H,19,20,21). The third kappa shape index (κ3) is 3.68. The van der Waals surface area contributed by atoms with Gasteiger partial charge >= 0.3 is 0 Å². The van der Waals surface area contributed by atoms with E-state index in [-0.39, 0.29) is 5.91 Å². The van der Waals surface area contributed by atoms with E-state index in [1.165, 1.54) is 11.3 Å². The molecule has 1 amide bonds. The van der Waals surface area contributed by atoms with E-state index in [1.54, 1.807) is 11.8 Å². The number of hydrogen-bond donors (Lipinski definition) is 1. The van der Waals surface area contributed by atoms with Crippen LogP contribution in [0.1, 0.15) is 22.8 Å². The van der Waals surface area contributed by atoms with Gasteiger partial charge in [0.05, 0.1) is 10.2 Å². The van der Waals surface area contributed by atoms with Gasteiger partial charge in [-0.25, -0.2) is 4.98 Å². The molecule has 6 heteroatoms. The number of fused-ring (bicyclic) bond motifs is 1. The molecule has 0 radical (unpaired) electrons. The smallest absolute Gasteiger partial charge is 0.257 e. The Kier molecular flexibility index (Phi) is 4.90. The first-order chi connectivity index (χ1) is 11.1. The van der Waals surface area contributed by atoms with Gasteiger partial charge in [-0.3, -0.25) is 10.1 Å². The predicted octanol–water partition coefficient (Wildman–Crippen LogP) is 5.62. The van der Waals surface area contributed by atoms with Crippen LogP contribution in [0.25, 0.3) is 10.2 Å². The maximum atomic E-state index is 12.3. The van der Waals surface area contributed by atoms with Crippen molar-refractivity contribution in [2.45, 2.75) is 18.7 Å². The summed E-state index contributed by atoms with van der Waals surface area (Å²) in [6.07, 6.45) is 0. The molecular weight excluding hydrogens is 348 g/mol. The average Bonchev–Trinajstić information content (AvgIpc) is 2.91. The quantitative estimate of drug-likeness (QED) is 0.612. The first-order valence-corrected chi connectivity index (χ1v) is 9.35. The summed E-state index contributed by atoms with van der Waals surface area (Å²) in [6, 6.07) is 11.3. The van der Waals surface area contributed by atoms with E-state index in [1.807, 2.05) is 43.3 Å². The molecule has 0 spiro atoms. The lowest BCUT2D eigenvalue weighted by atomic mass is 10.2. The summed E-state index contributed by atoms with van der Waals surface area (Å²) in [4.78, 5) is 18.0. The Bertz CT molecular complexity index is 859. The number of hydrogen-bond acceptors (Lipinski definition) is 4. The number of nitrogens with zero attached hydrogens (tertiary/aromatic N) is 1. The van der Waals surface area contributed by atoms with E-state index in [0.29, 0.717) is 15.7 Å². The van der Waals surface area contributed by atoms with Crippen LogP contribution >= 0.6 is 34.7 Å². The van der Waals surface area contributed by atoms with Gasteiger partial charge in [0, 0.05) is 15.5 Å². The number of thiazole rings is 1. The molecule has 1 N–H and O–H groups in total. The summed E-state index contributed by atoms with van der Waals surface area (Å²) in [5.74, 6) is 0.861. The van der Waals surface area contributed by atoms with Crippen LogP contribution in [-0.2, 0) is 0 Å². The molecule has 1 aromatic heterocycles. The van der Waals surface area contributed by atoms with Crippen molar-refractivity contribution in [2.75, 3.05) is 11.1 Å². The molecule has 0 aliphatic heterocycles. The van der Waals surface area contributed by atoms with E-state index in [4.69, 9.17) is 11.6 Å². The van der Waals surface area contributed by atoms with Crippen molar-refractivity contribution in [2.24, 2.45) is 0 Å². The highest BCUT2D eigenvalue weighted by atomic mass is 35.5. The molecule has 0 aliphatic rings. The molecule has 0 unspecified atom stereocenters. The van der Waals surface area contributed by atoms with Gasteiger partial charge in [-0.15, -0.1) is 11.8 Å². The third-order valence-corrected chi connectivity index (χ3v) is 5.33. The Hall–Kier alpha value is -1.56. The second-order valence-corrected chi connectivity index (χ2v) is 7.80. The molecule has 3 nitrogen and oxygen atoms in total. The molecule has 0 bridgehead atoms. The van der Waals surface area contributed by atoms with Gasteiger partial charge in [0.1, 0.15) is 0 Å². The molecule has 0 saturated heterocycles. The zero-order chi connectivity index (χ0) is 16.4. The molecule has 0 fully saturated rings. The number of thioether (sulfide) groups is 1. The molecule has 1 heterocycles. The van der Waals surface area contributed by atoms with Gasteiger partial charge in [0.25, 0.3) is 5.91 Å². The highest BCUT2D eigenvalue weighted by Crippen LogP contribution is 2.31. The summed E-state index contributed by atoms with van der Waals surface area (Å²) >= 11 is 9.24. The maximum Gasteiger partial charge on any atom is 0.257 e. The van der Waals surface area contributed by atoms with E-state index >= 15 is 0 Å². The molecule has 0 saturated carbocycles. The van der Waals surface area contributed by atoms with Gasteiger partial charge in [-0.2, -0.15) is 0 Å². The van der Waals surface area contributed by atoms with Crippen molar-refractivity contribution in [3.63, 3.8) is 0 Å². The summed E-state index contributed by atoms with van der Waals surface area (Å²) in [7, 11) is 0. The number of nitrogens with one attached hydrogen (secondary N) is 1. The summed E-state index contributed by atoms with van der Waals surface area (Å²) in [6.45, 7) is 4.07. The van der Waals surface area contributed by atoms with Crippen LogP contribution in [0.15, 0.2) is 41.3 Å². The Balaban J connectivity index is 1.81. The van der Waals surface area contributed by atoms with Crippen molar-refractivity contribution in [3.05, 3.63) is 52.5 Å². The number of anilines is 1. The number of halogens is 1. The number of benzene rings is 2. The second kappa shape index (κ2) is 6.91. The van der Waals surface area contributed by atoms with Crippen molar-refractivity contribution in [1.82, 2.24) is 4.98 Å². The minimum atomic E-state index is -0.152. The zero-order valence-electron chi connectivity index (χ0n) is 12.7. The minimum Gasteiger partial charge on any atom is -0.298 e. The Labute approximate surface area is 148 Å². The van der Waals surface area contributed by atoms with Crippen LogP contribution in [0, 0.1) is 6.92 Å². The number of carbonyl (C=O) groups is 1. The fraction of sp³-hybridized carbons (Fsp3) is 0.176. The lowest BCUT2D eigenvalue weighted by Gasteiger charge is -2.03. The van der Waals surface area contributed by atoms with Crippen LogP contribution in [0.5, 0.6) is 0 Å². The van der Waals surface area contributed by atoms with Crippen LogP contribution in [0.3, 0.4) is 0 Å². The average molecular weight is 363 g/mol. The molecule has 3 aromatic rings. The van der Waals surface area contributed by atoms with Crippen molar-refractivity contribution in [1.29, 1.82) is 0 Å². The molecule has 118 valence electrons. The zero-order valence-corrected chi connectivity index (χ0v) is 15.1. The lowest BCUT2D eigenvalue weighted by molar-refractivity contribution is 0.102. The van der Waals surface area contributed by atoms with Crippen LogP contribution in [0.4, 0.5) is 5.13 Å². The number of aromatic nitrogens is 1. The largest absolute Gasteiger partial charge is 0.298 e. The van der Waals surface area contributed by atoms with Gasteiger partial charge in [-0.05, 0) is 54.6 Å². The number of amides is 1. The molecule has 0 atom stereocenters. The van der Waals surface area contributed by atoms with E-state index in [0.717, 1.165) is 26.4 Å². The normalized spacial score (nSPS) is 10.9. The molecule has 0 aliphatic carbocycles. The summed E-state index contributed by atoms with van der Waals surface area (Å²) < 4.78 is 0.972.